The van der Waals surface area contributed by atoms with Crippen molar-refractivity contribution in [2.24, 2.45) is 4.99 Å². The highest BCUT2D eigenvalue weighted by Crippen LogP contribution is 2.54. The first-order valence-electron chi connectivity index (χ1n) is 9.58. The van der Waals surface area contributed by atoms with E-state index in [2.05, 4.69) is 0 Å². The summed E-state index contributed by atoms with van der Waals surface area (Å²) in [6.07, 6.45) is -0.529. The van der Waals surface area contributed by atoms with Gasteiger partial charge in [0.2, 0.25) is 0 Å². The molecule has 0 radical (unpaired) electrons. The van der Waals surface area contributed by atoms with E-state index in [-0.39, 0.29) is 10.1 Å². The summed E-state index contributed by atoms with van der Waals surface area (Å²) < 4.78 is 34.2. The van der Waals surface area contributed by atoms with Gasteiger partial charge in [-0.2, -0.15) is 0 Å². The van der Waals surface area contributed by atoms with Gasteiger partial charge in [0.1, 0.15) is 10.8 Å². The van der Waals surface area contributed by atoms with Crippen molar-refractivity contribution >= 4 is 32.5 Å². The number of nitrogens with zero attached hydrogens (tertiary/aromatic N) is 2. The number of rotatable bonds is 4. The smallest absolute Gasteiger partial charge is 0.266 e. The lowest BCUT2D eigenvalue weighted by atomic mass is 10.1. The van der Waals surface area contributed by atoms with Crippen molar-refractivity contribution in [2.75, 3.05) is 11.4 Å². The number of thioether (sulfide) groups is 1. The molecule has 0 amide bonds. The fourth-order valence-corrected chi connectivity index (χ4v) is 6.81. The number of benzene rings is 3. The summed E-state index contributed by atoms with van der Waals surface area (Å²) >= 11 is 1.60. The van der Waals surface area contributed by atoms with Gasteiger partial charge in [0.05, 0.1) is 22.9 Å². The van der Waals surface area contributed by atoms with Gasteiger partial charge in [-0.25, -0.2) is 12.7 Å². The molecule has 7 heteroatoms. The van der Waals surface area contributed by atoms with E-state index in [1.54, 1.807) is 37.1 Å². The molecule has 0 aromatic heterocycles. The number of fused-ring (bicyclic) bond motifs is 3. The van der Waals surface area contributed by atoms with Crippen LogP contribution in [0.5, 0.6) is 5.75 Å². The summed E-state index contributed by atoms with van der Waals surface area (Å²) in [6.45, 7) is 1.94. The monoisotopic (exact) mass is 436 g/mol. The number of anilines is 1. The third-order valence-corrected chi connectivity index (χ3v) is 8.49. The van der Waals surface area contributed by atoms with Gasteiger partial charge in [-0.1, -0.05) is 59.8 Å². The summed E-state index contributed by atoms with van der Waals surface area (Å²) in [5.41, 5.74) is 3.60. The Bertz CT molecular complexity index is 1240. The van der Waals surface area contributed by atoms with Crippen molar-refractivity contribution in [3.05, 3.63) is 89.5 Å². The van der Waals surface area contributed by atoms with E-state index in [4.69, 9.17) is 9.73 Å². The number of sulfonamides is 1. The predicted octanol–water partition coefficient (Wildman–Crippen LogP) is 4.77. The molecule has 0 saturated carbocycles. The lowest BCUT2D eigenvalue weighted by Gasteiger charge is -2.24. The van der Waals surface area contributed by atoms with Crippen LogP contribution in [0.2, 0.25) is 0 Å². The third-order valence-electron chi connectivity index (χ3n) is 5.38. The molecule has 0 aliphatic carbocycles. The van der Waals surface area contributed by atoms with Gasteiger partial charge in [0, 0.05) is 5.56 Å². The van der Waals surface area contributed by atoms with Crippen LogP contribution in [-0.2, 0) is 10.0 Å². The zero-order chi connectivity index (χ0) is 20.9. The Morgan fingerprint density at radius 2 is 1.73 bits per heavy atom. The Labute approximate surface area is 180 Å². The minimum absolute atomic E-state index is 0.120. The lowest BCUT2D eigenvalue weighted by Crippen LogP contribution is -2.36. The number of aryl methyl sites for hydroxylation is 1. The van der Waals surface area contributed by atoms with E-state index >= 15 is 0 Å². The van der Waals surface area contributed by atoms with Crippen molar-refractivity contribution in [1.82, 2.24) is 0 Å². The second kappa shape index (κ2) is 7.18. The van der Waals surface area contributed by atoms with E-state index in [1.165, 1.54) is 4.31 Å². The van der Waals surface area contributed by atoms with Gasteiger partial charge in [-0.15, -0.1) is 0 Å². The molecule has 5 rings (SSSR count). The van der Waals surface area contributed by atoms with E-state index in [1.807, 2.05) is 61.5 Å². The number of methoxy groups -OCH3 is 1. The minimum Gasteiger partial charge on any atom is -0.497 e. The molecule has 3 aromatic carbocycles. The van der Waals surface area contributed by atoms with Crippen LogP contribution in [-0.4, -0.2) is 26.7 Å². The summed E-state index contributed by atoms with van der Waals surface area (Å²) in [7, 11) is -2.16. The molecule has 2 atom stereocenters. The summed E-state index contributed by atoms with van der Waals surface area (Å²) in [5, 5.41) is 0.730. The molecular weight excluding hydrogens is 416 g/mol. The lowest BCUT2D eigenvalue weighted by molar-refractivity contribution is 0.414. The maximum Gasteiger partial charge on any atom is 0.266 e. The number of hydrogen-bond donors (Lipinski definition) is 0. The molecule has 0 saturated heterocycles. The minimum atomic E-state index is -3.78. The summed E-state index contributed by atoms with van der Waals surface area (Å²) in [5.74, 6) is 0.704. The SMILES string of the molecule is COc1ccc2c(c1)[C@@H]1SC(c3ccccc3)=N[C@@H]1N2S(=O)(=O)c1ccc(C)cc1. The van der Waals surface area contributed by atoms with E-state index < -0.39 is 16.2 Å². The Morgan fingerprint density at radius 3 is 2.43 bits per heavy atom. The van der Waals surface area contributed by atoms with E-state index in [0.717, 1.165) is 21.7 Å². The molecule has 2 aliphatic heterocycles. The van der Waals surface area contributed by atoms with Gasteiger partial charge in [0.25, 0.3) is 10.0 Å². The quantitative estimate of drug-likeness (QED) is 0.591. The number of ether oxygens (including phenoxy) is 1. The number of aliphatic imine (C=N–C) groups is 1. The first kappa shape index (κ1) is 19.2. The van der Waals surface area contributed by atoms with Crippen LogP contribution in [0.25, 0.3) is 0 Å². The van der Waals surface area contributed by atoms with Gasteiger partial charge < -0.3 is 4.74 Å². The Morgan fingerprint density at radius 1 is 1.00 bits per heavy atom. The van der Waals surface area contributed by atoms with Crippen LogP contribution in [0, 0.1) is 6.92 Å². The normalized spacial score (nSPS) is 19.9. The molecule has 3 aromatic rings. The molecule has 0 N–H and O–H groups in total. The van der Waals surface area contributed by atoms with Gasteiger partial charge in [-0.05, 0) is 42.8 Å². The second-order valence-electron chi connectivity index (χ2n) is 7.29. The first-order chi connectivity index (χ1) is 14.5. The largest absolute Gasteiger partial charge is 0.497 e. The molecular formula is C23H20N2O3S2. The maximum absolute atomic E-state index is 13.7. The molecule has 2 heterocycles. The molecule has 30 heavy (non-hydrogen) atoms. The fraction of sp³-hybridized carbons (Fsp3) is 0.174. The summed E-state index contributed by atoms with van der Waals surface area (Å²) in [6, 6.07) is 22.4. The van der Waals surface area contributed by atoms with Crippen LogP contribution in [0.4, 0.5) is 5.69 Å². The van der Waals surface area contributed by atoms with Crippen molar-refractivity contribution in [3.63, 3.8) is 0 Å². The van der Waals surface area contributed by atoms with Gasteiger partial charge in [0.15, 0.2) is 6.17 Å². The topological polar surface area (TPSA) is 59.0 Å². The second-order valence-corrected chi connectivity index (χ2v) is 10.2. The Kier molecular flexibility index (Phi) is 4.60. The molecule has 0 bridgehead atoms. The van der Waals surface area contributed by atoms with Crippen molar-refractivity contribution in [2.45, 2.75) is 23.2 Å². The molecule has 2 aliphatic rings. The fourth-order valence-electron chi connectivity index (χ4n) is 3.85. The zero-order valence-electron chi connectivity index (χ0n) is 16.5. The van der Waals surface area contributed by atoms with E-state index in [0.29, 0.717) is 11.4 Å². The van der Waals surface area contributed by atoms with Crippen LogP contribution in [0.15, 0.2) is 82.7 Å². The van der Waals surface area contributed by atoms with Crippen molar-refractivity contribution in [3.8, 4) is 5.75 Å². The molecule has 0 fully saturated rings. The Hall–Kier alpha value is -2.77. The first-order valence-corrected chi connectivity index (χ1v) is 11.9. The highest BCUT2D eigenvalue weighted by Gasteiger charge is 2.49. The predicted molar refractivity (Wildman–Crippen MR) is 121 cm³/mol. The van der Waals surface area contributed by atoms with Crippen molar-refractivity contribution < 1.29 is 13.2 Å². The van der Waals surface area contributed by atoms with Gasteiger partial charge in [-0.3, -0.25) is 4.99 Å². The third kappa shape index (κ3) is 3.00. The number of hydrogen-bond acceptors (Lipinski definition) is 5. The van der Waals surface area contributed by atoms with Crippen LogP contribution in [0.3, 0.4) is 0 Å². The van der Waals surface area contributed by atoms with Gasteiger partial charge >= 0.3 is 0 Å². The van der Waals surface area contributed by atoms with Crippen LogP contribution >= 0.6 is 11.8 Å². The van der Waals surface area contributed by atoms with Crippen LogP contribution in [0.1, 0.15) is 21.9 Å². The zero-order valence-corrected chi connectivity index (χ0v) is 18.2. The van der Waals surface area contributed by atoms with Crippen LogP contribution < -0.4 is 9.04 Å². The van der Waals surface area contributed by atoms with Crippen molar-refractivity contribution in [1.29, 1.82) is 0 Å². The van der Waals surface area contributed by atoms with E-state index in [9.17, 15) is 8.42 Å². The summed E-state index contributed by atoms with van der Waals surface area (Å²) in [4.78, 5) is 5.13. The molecule has 5 nitrogen and oxygen atoms in total. The highest BCUT2D eigenvalue weighted by molar-refractivity contribution is 8.15. The maximum atomic E-state index is 13.7. The Balaban J connectivity index is 1.65. The molecule has 0 spiro atoms. The average molecular weight is 437 g/mol. The average Bonchev–Trinajstić information content (AvgIpc) is 3.31. The highest BCUT2D eigenvalue weighted by atomic mass is 32.2. The molecule has 152 valence electrons. The standard InChI is InChI=1S/C23H20N2O3S2/c1-15-8-11-18(12-9-15)30(26,27)25-20-13-10-17(28-2)14-19(20)21-22(25)24-23(29-21)16-6-4-3-5-7-16/h3-14,21-22H,1-2H3/t21-,22+/m0/s1. The molecule has 0 unspecified atom stereocenters.